The third-order valence-electron chi connectivity index (χ3n) is 5.52. The Hall–Kier alpha value is -2.32. The number of thioether (sulfide) groups is 1. The van der Waals surface area contributed by atoms with Gasteiger partial charge in [0.15, 0.2) is 22.4 Å². The van der Waals surface area contributed by atoms with Crippen molar-refractivity contribution in [1.82, 2.24) is 9.55 Å². The predicted octanol–water partition coefficient (Wildman–Crippen LogP) is 4.58. The van der Waals surface area contributed by atoms with Crippen LogP contribution in [0.4, 0.5) is 0 Å². The predicted molar refractivity (Wildman–Crippen MR) is 116 cm³/mol. The van der Waals surface area contributed by atoms with Gasteiger partial charge in [-0.05, 0) is 50.5 Å². The van der Waals surface area contributed by atoms with Gasteiger partial charge < -0.3 is 10.2 Å². The van der Waals surface area contributed by atoms with E-state index in [2.05, 4.69) is 0 Å². The number of benzene rings is 1. The van der Waals surface area contributed by atoms with Gasteiger partial charge >= 0.3 is 0 Å². The van der Waals surface area contributed by atoms with Crippen LogP contribution in [0.5, 0.6) is 11.5 Å². The van der Waals surface area contributed by atoms with Gasteiger partial charge in [0.05, 0.1) is 11.1 Å². The lowest BCUT2D eigenvalue weighted by molar-refractivity contribution is 0.102. The number of aromatic nitrogens is 2. The zero-order valence-electron chi connectivity index (χ0n) is 16.3. The standard InChI is InChI=1S/C21H22N2O4S2/c1-11-12(2)29-19-18(11)20(27)23(14-5-3-4-6-14)21(22-19)28-10-17(26)13-7-8-15(24)16(25)9-13/h7-9,14,24-25H,3-6,10H2,1-2H3. The Balaban J connectivity index is 1.70. The lowest BCUT2D eigenvalue weighted by atomic mass is 10.1. The van der Waals surface area contributed by atoms with E-state index in [1.165, 1.54) is 41.3 Å². The third-order valence-corrected chi connectivity index (χ3v) is 7.58. The Morgan fingerprint density at radius 3 is 2.66 bits per heavy atom. The van der Waals surface area contributed by atoms with Gasteiger partial charge in [-0.1, -0.05) is 24.6 Å². The average Bonchev–Trinajstić information content (AvgIpc) is 3.30. The zero-order valence-corrected chi connectivity index (χ0v) is 17.9. The maximum Gasteiger partial charge on any atom is 0.263 e. The SMILES string of the molecule is Cc1sc2nc(SCC(=O)c3ccc(O)c(O)c3)n(C3CCCC3)c(=O)c2c1C. The molecular formula is C21H22N2O4S2. The van der Waals surface area contributed by atoms with Gasteiger partial charge in [0, 0.05) is 16.5 Å². The van der Waals surface area contributed by atoms with Crippen LogP contribution in [-0.4, -0.2) is 31.3 Å². The van der Waals surface area contributed by atoms with Crippen LogP contribution >= 0.6 is 23.1 Å². The molecule has 1 aliphatic rings. The van der Waals surface area contributed by atoms with Gasteiger partial charge in [0.1, 0.15) is 4.83 Å². The number of hydrogen-bond acceptors (Lipinski definition) is 7. The van der Waals surface area contributed by atoms with Crippen LogP contribution in [0.3, 0.4) is 0 Å². The smallest absolute Gasteiger partial charge is 0.263 e. The van der Waals surface area contributed by atoms with Gasteiger partial charge in [0.2, 0.25) is 0 Å². The van der Waals surface area contributed by atoms with E-state index in [1.807, 2.05) is 13.8 Å². The van der Waals surface area contributed by atoms with E-state index in [0.717, 1.165) is 41.0 Å². The summed E-state index contributed by atoms with van der Waals surface area (Å²) in [5, 5.41) is 20.3. The van der Waals surface area contributed by atoms with Crippen LogP contribution in [0.15, 0.2) is 28.2 Å². The highest BCUT2D eigenvalue weighted by Crippen LogP contribution is 2.35. The summed E-state index contributed by atoms with van der Waals surface area (Å²) in [6.07, 6.45) is 4.07. The molecule has 0 radical (unpaired) electrons. The molecule has 3 aromatic rings. The van der Waals surface area contributed by atoms with Crippen molar-refractivity contribution in [1.29, 1.82) is 0 Å². The van der Waals surface area contributed by atoms with Gasteiger partial charge in [-0.15, -0.1) is 11.3 Å². The molecule has 0 spiro atoms. The number of thiophene rings is 1. The maximum absolute atomic E-state index is 13.3. The molecule has 0 atom stereocenters. The Morgan fingerprint density at radius 1 is 1.24 bits per heavy atom. The second kappa shape index (κ2) is 7.84. The summed E-state index contributed by atoms with van der Waals surface area (Å²) in [6.45, 7) is 3.96. The molecule has 29 heavy (non-hydrogen) atoms. The molecule has 2 N–H and O–H groups in total. The highest BCUT2D eigenvalue weighted by molar-refractivity contribution is 7.99. The number of ketones is 1. The van der Waals surface area contributed by atoms with E-state index in [9.17, 15) is 19.8 Å². The maximum atomic E-state index is 13.3. The molecule has 8 heteroatoms. The number of phenols is 2. The molecule has 1 fully saturated rings. The molecule has 0 aliphatic heterocycles. The minimum Gasteiger partial charge on any atom is -0.504 e. The molecule has 0 saturated heterocycles. The van der Waals surface area contributed by atoms with E-state index < -0.39 is 0 Å². The topological polar surface area (TPSA) is 92.4 Å². The van der Waals surface area contributed by atoms with Crippen LogP contribution in [-0.2, 0) is 0 Å². The number of fused-ring (bicyclic) bond motifs is 1. The third kappa shape index (κ3) is 3.67. The number of carbonyl (C=O) groups is 1. The fraction of sp³-hybridized carbons (Fsp3) is 0.381. The normalized spacial score (nSPS) is 14.7. The second-order valence-corrected chi connectivity index (χ2v) is 9.53. The number of rotatable bonds is 5. The lowest BCUT2D eigenvalue weighted by Crippen LogP contribution is -2.26. The molecule has 0 amide bonds. The Labute approximate surface area is 176 Å². The van der Waals surface area contributed by atoms with E-state index in [0.29, 0.717) is 16.1 Å². The number of carbonyl (C=O) groups excluding carboxylic acids is 1. The first-order chi connectivity index (χ1) is 13.9. The fourth-order valence-electron chi connectivity index (χ4n) is 3.78. The van der Waals surface area contributed by atoms with Crippen molar-refractivity contribution in [3.63, 3.8) is 0 Å². The molecule has 1 aliphatic carbocycles. The summed E-state index contributed by atoms with van der Waals surface area (Å²) in [5.41, 5.74) is 1.29. The van der Waals surface area contributed by atoms with Gasteiger partial charge in [-0.2, -0.15) is 0 Å². The Kier molecular flexibility index (Phi) is 5.40. The number of aryl methyl sites for hydroxylation is 2. The van der Waals surface area contributed by atoms with Crippen LogP contribution in [0.25, 0.3) is 10.2 Å². The van der Waals surface area contributed by atoms with Crippen molar-refractivity contribution in [3.05, 3.63) is 44.6 Å². The number of aromatic hydroxyl groups is 2. The van der Waals surface area contributed by atoms with E-state index >= 15 is 0 Å². The molecular weight excluding hydrogens is 408 g/mol. The van der Waals surface area contributed by atoms with Gasteiger partial charge in [-0.25, -0.2) is 4.98 Å². The van der Waals surface area contributed by atoms with E-state index in [1.54, 1.807) is 4.57 Å². The summed E-state index contributed by atoms with van der Waals surface area (Å²) in [4.78, 5) is 32.5. The van der Waals surface area contributed by atoms with Crippen LogP contribution in [0, 0.1) is 13.8 Å². The van der Waals surface area contributed by atoms with Crippen molar-refractivity contribution >= 4 is 39.1 Å². The summed E-state index contributed by atoms with van der Waals surface area (Å²) in [6, 6.07) is 4.15. The number of phenolic OH excluding ortho intramolecular Hbond substituents is 2. The molecule has 2 heterocycles. The Morgan fingerprint density at radius 2 is 1.97 bits per heavy atom. The van der Waals surface area contributed by atoms with Crippen molar-refractivity contribution < 1.29 is 15.0 Å². The minimum absolute atomic E-state index is 0.0130. The summed E-state index contributed by atoms with van der Waals surface area (Å²) in [7, 11) is 0. The fourth-order valence-corrected chi connectivity index (χ4v) is 5.82. The number of hydrogen-bond donors (Lipinski definition) is 2. The molecule has 0 unspecified atom stereocenters. The molecule has 1 aromatic carbocycles. The number of nitrogens with zero attached hydrogens (tertiary/aromatic N) is 2. The van der Waals surface area contributed by atoms with Crippen LogP contribution in [0.1, 0.15) is 52.5 Å². The molecule has 1 saturated carbocycles. The molecule has 2 aromatic heterocycles. The van der Waals surface area contributed by atoms with Crippen molar-refractivity contribution in [2.24, 2.45) is 0 Å². The number of Topliss-reactive ketones (excluding diaryl/α,β-unsaturated/α-hetero) is 1. The average molecular weight is 431 g/mol. The van der Waals surface area contributed by atoms with Crippen molar-refractivity contribution in [3.8, 4) is 11.5 Å². The van der Waals surface area contributed by atoms with E-state index in [-0.39, 0.29) is 34.6 Å². The van der Waals surface area contributed by atoms with Crippen molar-refractivity contribution in [2.75, 3.05) is 5.75 Å². The zero-order chi connectivity index (χ0) is 20.7. The molecule has 0 bridgehead atoms. The summed E-state index contributed by atoms with van der Waals surface area (Å²) in [5.74, 6) is -0.693. The van der Waals surface area contributed by atoms with Gasteiger partial charge in [0.25, 0.3) is 5.56 Å². The van der Waals surface area contributed by atoms with E-state index in [4.69, 9.17) is 4.98 Å². The lowest BCUT2D eigenvalue weighted by Gasteiger charge is -2.18. The quantitative estimate of drug-likeness (QED) is 0.266. The molecule has 4 rings (SSSR count). The second-order valence-electron chi connectivity index (χ2n) is 7.39. The highest BCUT2D eigenvalue weighted by atomic mass is 32.2. The monoisotopic (exact) mass is 430 g/mol. The molecule has 6 nitrogen and oxygen atoms in total. The minimum atomic E-state index is -0.326. The molecule has 152 valence electrons. The van der Waals surface area contributed by atoms with Crippen LogP contribution in [0.2, 0.25) is 0 Å². The largest absolute Gasteiger partial charge is 0.504 e. The van der Waals surface area contributed by atoms with Crippen molar-refractivity contribution in [2.45, 2.75) is 50.7 Å². The summed E-state index contributed by atoms with van der Waals surface area (Å²) >= 11 is 2.76. The first-order valence-corrected chi connectivity index (χ1v) is 11.4. The Bertz CT molecular complexity index is 1160. The summed E-state index contributed by atoms with van der Waals surface area (Å²) < 4.78 is 1.79. The highest BCUT2D eigenvalue weighted by Gasteiger charge is 2.25. The van der Waals surface area contributed by atoms with Gasteiger partial charge in [-0.3, -0.25) is 14.2 Å². The van der Waals surface area contributed by atoms with Crippen LogP contribution < -0.4 is 5.56 Å². The first kappa shape index (κ1) is 20.0. The first-order valence-electron chi connectivity index (χ1n) is 9.57.